The Labute approximate surface area is 392 Å². The number of nitrogens with zero attached hydrogens (tertiary/aromatic N) is 5. The number of carbonyl (C=O) groups excluding carboxylic acids is 6. The Morgan fingerprint density at radius 2 is 1.63 bits per heavy atom. The maximum absolute atomic E-state index is 14.8. The third-order valence-corrected chi connectivity index (χ3v) is 14.3. The standard InChI is InChI=1S/C47H64ClF6N7O6/c1-27(2)18-34-41(64)60(6)36(21-31-20-32(48)19-29-15-17-57(3)38(29)31)42(65)58(4)16-11-9-7-8-10-12-30(39(62)55-34)23-59(5)43(66)37(28-13-14-28)56-40(63)35-22-33(49)24-61(35)44(67)45(47(52,53)54)25-46(50,51)26-45/h15,17,19-20,27-28,30,33-37H,7-14,16,18,21-26H2,1-6H3,(H,55,62)(H,56,63)/t30?,33-,34+,35+,36+,37+/m1/s1. The van der Waals surface area contributed by atoms with Gasteiger partial charge in [0.25, 0.3) is 5.92 Å². The number of benzene rings is 1. The molecule has 2 saturated carbocycles. The number of fused-ring (bicyclic) bond motifs is 1. The highest BCUT2D eigenvalue weighted by molar-refractivity contribution is 6.31. The molecule has 6 rings (SSSR count). The number of halogens is 7. The molecule has 3 heterocycles. The van der Waals surface area contributed by atoms with Gasteiger partial charge in [0.05, 0.1) is 18.0 Å². The topological polar surface area (TPSA) is 144 Å². The quantitative estimate of drug-likeness (QED) is 0.249. The maximum Gasteiger partial charge on any atom is 0.403 e. The first-order valence-electron chi connectivity index (χ1n) is 23.3. The second-order valence-electron chi connectivity index (χ2n) is 19.9. The summed E-state index contributed by atoms with van der Waals surface area (Å²) in [5.74, 6) is -9.80. The van der Waals surface area contributed by atoms with Crippen molar-refractivity contribution in [3.8, 4) is 0 Å². The average molecular weight is 973 g/mol. The molecule has 1 aromatic heterocycles. The largest absolute Gasteiger partial charge is 0.403 e. The molecule has 0 bridgehead atoms. The van der Waals surface area contributed by atoms with Crippen molar-refractivity contribution in [1.82, 2.24) is 34.8 Å². The van der Waals surface area contributed by atoms with Gasteiger partial charge < -0.3 is 34.8 Å². The number of likely N-dealkylation sites (N-methyl/N-ethyl adjacent to an activating group) is 3. The fourth-order valence-corrected chi connectivity index (χ4v) is 10.4. The summed E-state index contributed by atoms with van der Waals surface area (Å²) in [5.41, 5.74) is -1.83. The highest BCUT2D eigenvalue weighted by atomic mass is 35.5. The molecule has 372 valence electrons. The molecule has 2 aliphatic carbocycles. The molecule has 0 spiro atoms. The Balaban J connectivity index is 1.20. The van der Waals surface area contributed by atoms with Crippen molar-refractivity contribution in [2.75, 3.05) is 40.8 Å². The number of rotatable bonds is 11. The van der Waals surface area contributed by atoms with Crippen LogP contribution in [0.1, 0.15) is 96.5 Å². The van der Waals surface area contributed by atoms with E-state index in [1.165, 1.54) is 16.8 Å². The fourth-order valence-electron chi connectivity index (χ4n) is 10.1. The van der Waals surface area contributed by atoms with Crippen molar-refractivity contribution >= 4 is 57.9 Å². The first kappa shape index (κ1) is 51.8. The van der Waals surface area contributed by atoms with Crippen LogP contribution in [0.15, 0.2) is 24.4 Å². The zero-order valence-electron chi connectivity index (χ0n) is 39.1. The second kappa shape index (κ2) is 20.6. The van der Waals surface area contributed by atoms with Gasteiger partial charge in [-0.15, -0.1) is 0 Å². The monoisotopic (exact) mass is 971 g/mol. The highest BCUT2D eigenvalue weighted by Gasteiger charge is 2.75. The Kier molecular flexibility index (Phi) is 15.9. The van der Waals surface area contributed by atoms with Gasteiger partial charge in [0.2, 0.25) is 35.4 Å². The molecule has 4 fully saturated rings. The van der Waals surface area contributed by atoms with Gasteiger partial charge in [-0.25, -0.2) is 13.2 Å². The van der Waals surface area contributed by atoms with Gasteiger partial charge in [0.1, 0.15) is 30.3 Å². The zero-order chi connectivity index (χ0) is 49.3. The van der Waals surface area contributed by atoms with E-state index in [0.29, 0.717) is 48.6 Å². The van der Waals surface area contributed by atoms with Crippen LogP contribution in [0.5, 0.6) is 0 Å². The van der Waals surface area contributed by atoms with Gasteiger partial charge in [-0.1, -0.05) is 51.1 Å². The van der Waals surface area contributed by atoms with Crippen LogP contribution in [0.2, 0.25) is 5.02 Å². The van der Waals surface area contributed by atoms with E-state index < -0.39 is 115 Å². The molecule has 2 aliphatic heterocycles. The summed E-state index contributed by atoms with van der Waals surface area (Å²) < 4.78 is 87.0. The minimum Gasteiger partial charge on any atom is -0.350 e. The lowest BCUT2D eigenvalue weighted by Gasteiger charge is -2.48. The normalized spacial score (nSPS) is 26.1. The first-order valence-corrected chi connectivity index (χ1v) is 23.7. The highest BCUT2D eigenvalue weighted by Crippen LogP contribution is 2.61. The number of alkyl halides is 6. The third-order valence-electron chi connectivity index (χ3n) is 14.1. The second-order valence-corrected chi connectivity index (χ2v) is 20.4. The molecule has 13 nitrogen and oxygen atoms in total. The SMILES string of the molecule is CC(C)C[C@@H]1NC(=O)C(CN(C)C(=O)[C@@H](NC(=O)[C@@H]2C[C@@H](F)CN2C(=O)C2(C(F)(F)F)CC(F)(F)C2)C2CC2)CCCCCCCN(C)C(=O)[C@H](Cc2cc(Cl)cc3ccn(C)c23)N(C)C1=O. The molecular formula is C47H64ClF6N7O6. The molecule has 4 aliphatic rings. The lowest BCUT2D eigenvalue weighted by atomic mass is 9.64. The molecule has 2 N–H and O–H groups in total. The van der Waals surface area contributed by atoms with Crippen LogP contribution < -0.4 is 10.6 Å². The molecule has 1 unspecified atom stereocenters. The van der Waals surface area contributed by atoms with Crippen molar-refractivity contribution in [3.05, 3.63) is 35.0 Å². The number of nitrogens with one attached hydrogen (secondary N) is 2. The van der Waals surface area contributed by atoms with E-state index in [1.54, 1.807) is 25.1 Å². The van der Waals surface area contributed by atoms with Crippen molar-refractivity contribution in [3.63, 3.8) is 0 Å². The van der Waals surface area contributed by atoms with Crippen LogP contribution in [0.3, 0.4) is 0 Å². The molecule has 20 heteroatoms. The summed E-state index contributed by atoms with van der Waals surface area (Å²) in [6.45, 7) is 3.22. The van der Waals surface area contributed by atoms with Crippen LogP contribution in [-0.4, -0.2) is 143 Å². The van der Waals surface area contributed by atoms with Crippen LogP contribution in [0, 0.1) is 23.2 Å². The van der Waals surface area contributed by atoms with E-state index in [2.05, 4.69) is 10.6 Å². The summed E-state index contributed by atoms with van der Waals surface area (Å²) in [5, 5.41) is 6.87. The average Bonchev–Trinajstić information content (AvgIpc) is 3.90. The summed E-state index contributed by atoms with van der Waals surface area (Å²) in [6.07, 6.45) is -4.35. The number of hydrogen-bond acceptors (Lipinski definition) is 6. The van der Waals surface area contributed by atoms with Gasteiger partial charge in [-0.05, 0) is 67.7 Å². The minimum absolute atomic E-state index is 0.0703. The van der Waals surface area contributed by atoms with E-state index >= 15 is 0 Å². The number of hydrogen-bond donors (Lipinski definition) is 2. The molecule has 0 radical (unpaired) electrons. The molecule has 1 aromatic carbocycles. The van der Waals surface area contributed by atoms with E-state index in [4.69, 9.17) is 11.6 Å². The molecular weight excluding hydrogens is 908 g/mol. The smallest absolute Gasteiger partial charge is 0.350 e. The van der Waals surface area contributed by atoms with Crippen LogP contribution in [-0.2, 0) is 42.2 Å². The summed E-state index contributed by atoms with van der Waals surface area (Å²) in [4.78, 5) is 89.4. The number of amides is 6. The van der Waals surface area contributed by atoms with Gasteiger partial charge in [0, 0.05) is 83.6 Å². The molecule has 2 saturated heterocycles. The summed E-state index contributed by atoms with van der Waals surface area (Å²) in [7, 11) is 6.61. The Bertz CT molecular complexity index is 2180. The predicted molar refractivity (Wildman–Crippen MR) is 238 cm³/mol. The number of likely N-dealkylation sites (tertiary alicyclic amines) is 1. The number of aromatic nitrogens is 1. The minimum atomic E-state index is -5.38. The van der Waals surface area contributed by atoms with Gasteiger partial charge in [-0.2, -0.15) is 13.2 Å². The van der Waals surface area contributed by atoms with Crippen molar-refractivity contribution in [1.29, 1.82) is 0 Å². The number of carbonyl (C=O) groups is 6. The fraction of sp³-hybridized carbons (Fsp3) is 0.702. The Morgan fingerprint density at radius 1 is 0.970 bits per heavy atom. The molecule has 6 atom stereocenters. The van der Waals surface area contributed by atoms with Crippen molar-refractivity contribution in [2.45, 2.75) is 140 Å². The Morgan fingerprint density at radius 3 is 2.25 bits per heavy atom. The molecule has 67 heavy (non-hydrogen) atoms. The Hall–Kier alpha value is -4.55. The summed E-state index contributed by atoms with van der Waals surface area (Å²) >= 11 is 6.55. The van der Waals surface area contributed by atoms with E-state index in [-0.39, 0.29) is 31.2 Å². The number of aryl methyl sites for hydroxylation is 1. The van der Waals surface area contributed by atoms with Crippen LogP contribution >= 0.6 is 11.6 Å². The van der Waals surface area contributed by atoms with Crippen molar-refractivity contribution in [2.24, 2.45) is 30.2 Å². The zero-order valence-corrected chi connectivity index (χ0v) is 39.8. The first-order chi connectivity index (χ1) is 31.3. The molecule has 2 aromatic rings. The van der Waals surface area contributed by atoms with Crippen LogP contribution in [0.4, 0.5) is 26.3 Å². The summed E-state index contributed by atoms with van der Waals surface area (Å²) in [6, 6.07) is 0.522. The van der Waals surface area contributed by atoms with Crippen molar-refractivity contribution < 1.29 is 55.1 Å². The van der Waals surface area contributed by atoms with E-state index in [9.17, 15) is 55.1 Å². The van der Waals surface area contributed by atoms with E-state index in [1.807, 2.05) is 43.8 Å². The van der Waals surface area contributed by atoms with Gasteiger partial charge >= 0.3 is 6.18 Å². The van der Waals surface area contributed by atoms with E-state index in [0.717, 1.165) is 35.7 Å². The lowest BCUT2D eigenvalue weighted by Crippen LogP contribution is -2.65. The molecule has 6 amide bonds. The predicted octanol–water partition coefficient (Wildman–Crippen LogP) is 6.43. The van der Waals surface area contributed by atoms with Gasteiger partial charge in [-0.3, -0.25) is 28.8 Å². The van der Waals surface area contributed by atoms with Crippen LogP contribution in [0.25, 0.3) is 10.9 Å². The van der Waals surface area contributed by atoms with Gasteiger partial charge in [0.15, 0.2) is 5.41 Å². The third kappa shape index (κ3) is 11.7. The lowest BCUT2D eigenvalue weighted by molar-refractivity contribution is -0.299. The maximum atomic E-state index is 14.8.